The molecule has 1 heterocycles. The van der Waals surface area contributed by atoms with Gasteiger partial charge in [-0.2, -0.15) is 11.8 Å². The van der Waals surface area contributed by atoms with E-state index < -0.39 is 5.97 Å². The van der Waals surface area contributed by atoms with Crippen molar-refractivity contribution in [3.05, 3.63) is 0 Å². The number of carbonyl (C=O) groups is 2. The van der Waals surface area contributed by atoms with Gasteiger partial charge in [0.05, 0.1) is 0 Å². The molecular formula is C10H18N2O3S. The van der Waals surface area contributed by atoms with Crippen LogP contribution in [-0.4, -0.2) is 64.6 Å². The van der Waals surface area contributed by atoms with Crippen LogP contribution < -0.4 is 0 Å². The Hall–Kier alpha value is -0.910. The minimum Gasteiger partial charge on any atom is -0.480 e. The van der Waals surface area contributed by atoms with Crippen LogP contribution in [0.3, 0.4) is 0 Å². The van der Waals surface area contributed by atoms with Crippen LogP contribution in [0.15, 0.2) is 0 Å². The first-order valence-electron chi connectivity index (χ1n) is 5.48. The van der Waals surface area contributed by atoms with Gasteiger partial charge in [0.25, 0.3) is 0 Å². The number of likely N-dealkylation sites (N-methyl/N-ethyl adjacent to an activating group) is 1. The third-order valence-corrected chi connectivity index (χ3v) is 3.52. The van der Waals surface area contributed by atoms with Crippen molar-refractivity contribution in [2.75, 3.05) is 37.7 Å². The number of nitrogens with zero attached hydrogens (tertiary/aromatic N) is 2. The molecule has 5 nitrogen and oxygen atoms in total. The minimum atomic E-state index is -0.959. The van der Waals surface area contributed by atoms with E-state index in [1.807, 2.05) is 11.8 Å². The highest BCUT2D eigenvalue weighted by atomic mass is 32.2. The van der Waals surface area contributed by atoms with E-state index in [0.717, 1.165) is 31.0 Å². The van der Waals surface area contributed by atoms with Crippen LogP contribution >= 0.6 is 11.8 Å². The molecule has 1 aliphatic heterocycles. The van der Waals surface area contributed by atoms with Crippen molar-refractivity contribution in [3.8, 4) is 0 Å². The lowest BCUT2D eigenvalue weighted by molar-refractivity contribution is -0.137. The first kappa shape index (κ1) is 13.2. The van der Waals surface area contributed by atoms with Crippen LogP contribution in [0.2, 0.25) is 0 Å². The van der Waals surface area contributed by atoms with E-state index in [9.17, 15) is 9.59 Å². The number of urea groups is 1. The van der Waals surface area contributed by atoms with Gasteiger partial charge in [0, 0.05) is 25.4 Å². The molecule has 0 bridgehead atoms. The molecule has 0 aliphatic carbocycles. The Bertz CT molecular complexity index is 252. The molecule has 0 unspecified atom stereocenters. The van der Waals surface area contributed by atoms with Gasteiger partial charge in [-0.3, -0.25) is 4.79 Å². The molecule has 16 heavy (non-hydrogen) atoms. The molecule has 0 aromatic rings. The number of carboxylic acids is 1. The van der Waals surface area contributed by atoms with Gasteiger partial charge in [0.15, 0.2) is 0 Å². The Balaban J connectivity index is 2.54. The highest BCUT2D eigenvalue weighted by Crippen LogP contribution is 2.11. The van der Waals surface area contributed by atoms with Crippen molar-refractivity contribution in [3.63, 3.8) is 0 Å². The first-order chi connectivity index (χ1) is 7.65. The molecule has 2 amide bonds. The summed E-state index contributed by atoms with van der Waals surface area (Å²) in [6.07, 6.45) is 0.987. The van der Waals surface area contributed by atoms with E-state index in [1.165, 1.54) is 4.90 Å². The molecule has 1 rings (SSSR count). The number of carboxylic acid groups (broad SMARTS) is 1. The molecule has 0 aromatic heterocycles. The standard InChI is InChI=1S/C10H18N2O3S/c1-2-11(8-9(13)14)10(15)12-4-3-6-16-7-5-12/h2-8H2,1H3,(H,13,14). The molecule has 0 radical (unpaired) electrons. The lowest BCUT2D eigenvalue weighted by Crippen LogP contribution is -2.46. The minimum absolute atomic E-state index is 0.146. The monoisotopic (exact) mass is 246 g/mol. The maximum Gasteiger partial charge on any atom is 0.323 e. The molecule has 6 heteroatoms. The Morgan fingerprint density at radius 2 is 2.12 bits per heavy atom. The molecule has 1 fully saturated rings. The normalized spacial score (nSPS) is 16.7. The van der Waals surface area contributed by atoms with Gasteiger partial charge in [0.1, 0.15) is 6.54 Å². The summed E-state index contributed by atoms with van der Waals surface area (Å²) >= 11 is 1.84. The van der Waals surface area contributed by atoms with Gasteiger partial charge < -0.3 is 14.9 Å². The number of aliphatic carboxylic acids is 1. The molecule has 0 saturated carbocycles. The van der Waals surface area contributed by atoms with Crippen LogP contribution in [0, 0.1) is 0 Å². The maximum absolute atomic E-state index is 12.0. The topological polar surface area (TPSA) is 60.9 Å². The second kappa shape index (κ2) is 6.62. The Kier molecular flexibility index (Phi) is 5.45. The number of hydrogen-bond acceptors (Lipinski definition) is 3. The molecule has 0 aromatic carbocycles. The van der Waals surface area contributed by atoms with Crippen molar-refractivity contribution < 1.29 is 14.7 Å². The Labute approximate surface area is 99.8 Å². The second-order valence-electron chi connectivity index (χ2n) is 3.64. The summed E-state index contributed by atoms with van der Waals surface area (Å²) < 4.78 is 0. The van der Waals surface area contributed by atoms with Crippen LogP contribution in [-0.2, 0) is 4.79 Å². The maximum atomic E-state index is 12.0. The third kappa shape index (κ3) is 3.92. The lowest BCUT2D eigenvalue weighted by Gasteiger charge is -2.27. The molecule has 92 valence electrons. The molecule has 1 aliphatic rings. The van der Waals surface area contributed by atoms with Crippen molar-refractivity contribution in [2.45, 2.75) is 13.3 Å². The highest BCUT2D eigenvalue weighted by Gasteiger charge is 2.22. The van der Waals surface area contributed by atoms with Gasteiger partial charge in [-0.25, -0.2) is 4.79 Å². The quantitative estimate of drug-likeness (QED) is 0.805. The van der Waals surface area contributed by atoms with Crippen molar-refractivity contribution in [1.82, 2.24) is 9.80 Å². The van der Waals surface area contributed by atoms with Crippen molar-refractivity contribution in [2.24, 2.45) is 0 Å². The number of rotatable bonds is 3. The summed E-state index contributed by atoms with van der Waals surface area (Å²) in [5.74, 6) is 1.06. The number of hydrogen-bond donors (Lipinski definition) is 1. The summed E-state index contributed by atoms with van der Waals surface area (Å²) in [7, 11) is 0. The zero-order chi connectivity index (χ0) is 12.0. The zero-order valence-corrected chi connectivity index (χ0v) is 10.3. The fourth-order valence-corrected chi connectivity index (χ4v) is 2.50. The SMILES string of the molecule is CCN(CC(=O)O)C(=O)N1CCCSCC1. The molecule has 0 atom stereocenters. The van der Waals surface area contributed by atoms with Crippen LogP contribution in [0.1, 0.15) is 13.3 Å². The van der Waals surface area contributed by atoms with Crippen molar-refractivity contribution >= 4 is 23.8 Å². The number of amides is 2. The van der Waals surface area contributed by atoms with Gasteiger partial charge >= 0.3 is 12.0 Å². The van der Waals surface area contributed by atoms with E-state index >= 15 is 0 Å². The van der Waals surface area contributed by atoms with E-state index in [-0.39, 0.29) is 12.6 Å². The largest absolute Gasteiger partial charge is 0.480 e. The van der Waals surface area contributed by atoms with Gasteiger partial charge in [-0.05, 0) is 19.1 Å². The van der Waals surface area contributed by atoms with Crippen LogP contribution in [0.4, 0.5) is 4.79 Å². The third-order valence-electron chi connectivity index (χ3n) is 2.47. The predicted octanol–water partition coefficient (Wildman–Crippen LogP) is 0.952. The summed E-state index contributed by atoms with van der Waals surface area (Å²) in [6.45, 7) is 3.49. The summed E-state index contributed by atoms with van der Waals surface area (Å²) in [5, 5.41) is 8.70. The van der Waals surface area contributed by atoms with Crippen LogP contribution in [0.5, 0.6) is 0 Å². The Morgan fingerprint density at radius 1 is 1.38 bits per heavy atom. The second-order valence-corrected chi connectivity index (χ2v) is 4.87. The predicted molar refractivity (Wildman–Crippen MR) is 63.8 cm³/mol. The van der Waals surface area contributed by atoms with Crippen molar-refractivity contribution in [1.29, 1.82) is 0 Å². The number of thioether (sulfide) groups is 1. The van der Waals surface area contributed by atoms with E-state index in [4.69, 9.17) is 5.11 Å². The summed E-state index contributed by atoms with van der Waals surface area (Å²) in [5.41, 5.74) is 0. The highest BCUT2D eigenvalue weighted by molar-refractivity contribution is 7.99. The fraction of sp³-hybridized carbons (Fsp3) is 0.800. The Morgan fingerprint density at radius 3 is 2.75 bits per heavy atom. The summed E-state index contributed by atoms with van der Waals surface area (Å²) in [4.78, 5) is 25.7. The fourth-order valence-electron chi connectivity index (χ4n) is 1.62. The van der Waals surface area contributed by atoms with Crippen LogP contribution in [0.25, 0.3) is 0 Å². The van der Waals surface area contributed by atoms with E-state index in [0.29, 0.717) is 6.54 Å². The van der Waals surface area contributed by atoms with Gasteiger partial charge in [-0.15, -0.1) is 0 Å². The zero-order valence-electron chi connectivity index (χ0n) is 9.52. The summed E-state index contributed by atoms with van der Waals surface area (Å²) in [6, 6.07) is -0.146. The van der Waals surface area contributed by atoms with E-state index in [2.05, 4.69) is 0 Å². The van der Waals surface area contributed by atoms with E-state index in [1.54, 1.807) is 11.8 Å². The lowest BCUT2D eigenvalue weighted by atomic mass is 10.4. The van der Waals surface area contributed by atoms with Gasteiger partial charge in [-0.1, -0.05) is 0 Å². The first-order valence-corrected chi connectivity index (χ1v) is 6.64. The van der Waals surface area contributed by atoms with Gasteiger partial charge in [0.2, 0.25) is 0 Å². The smallest absolute Gasteiger partial charge is 0.323 e. The molecule has 0 spiro atoms. The average Bonchev–Trinajstić information content (AvgIpc) is 2.53. The molecule has 1 saturated heterocycles. The molecule has 1 N–H and O–H groups in total. The number of carbonyl (C=O) groups excluding carboxylic acids is 1. The molecular weight excluding hydrogens is 228 g/mol. The average molecular weight is 246 g/mol.